The van der Waals surface area contributed by atoms with E-state index in [-0.39, 0.29) is 0 Å². The molecule has 1 aliphatic rings. The topological polar surface area (TPSA) is 90.7 Å². The number of aromatic nitrogens is 3. The highest BCUT2D eigenvalue weighted by atomic mass is 32.1. The van der Waals surface area contributed by atoms with E-state index in [4.69, 9.17) is 11.5 Å². The van der Waals surface area contributed by atoms with E-state index in [1.165, 1.54) is 28.0 Å². The third kappa shape index (κ3) is 2.14. The van der Waals surface area contributed by atoms with Gasteiger partial charge in [-0.2, -0.15) is 0 Å². The molecule has 0 amide bonds. The fraction of sp³-hybridized carbons (Fsp3) is 0.0625. The number of benzene rings is 1. The molecule has 0 radical (unpaired) electrons. The van der Waals surface area contributed by atoms with Crippen LogP contribution in [0.4, 0.5) is 10.9 Å². The third-order valence-corrected chi connectivity index (χ3v) is 4.51. The molecule has 0 saturated heterocycles. The lowest BCUT2D eigenvalue weighted by molar-refractivity contribution is 1.10. The Morgan fingerprint density at radius 1 is 1.00 bits per heavy atom. The molecule has 1 aliphatic carbocycles. The Bertz CT molecular complexity index is 897. The van der Waals surface area contributed by atoms with Gasteiger partial charge in [0, 0.05) is 11.8 Å². The predicted molar refractivity (Wildman–Crippen MR) is 89.2 cm³/mol. The van der Waals surface area contributed by atoms with Gasteiger partial charge in [-0.1, -0.05) is 29.5 Å². The van der Waals surface area contributed by atoms with Gasteiger partial charge in [-0.15, -0.1) is 10.2 Å². The van der Waals surface area contributed by atoms with Crippen molar-refractivity contribution in [3.63, 3.8) is 0 Å². The van der Waals surface area contributed by atoms with Crippen LogP contribution in [0, 0.1) is 0 Å². The van der Waals surface area contributed by atoms with Crippen molar-refractivity contribution in [2.24, 2.45) is 0 Å². The van der Waals surface area contributed by atoms with E-state index < -0.39 is 0 Å². The predicted octanol–water partition coefficient (Wildman–Crippen LogP) is 2.75. The van der Waals surface area contributed by atoms with Gasteiger partial charge in [0.1, 0.15) is 10.8 Å². The maximum Gasteiger partial charge on any atom is 0.203 e. The molecule has 0 aliphatic heterocycles. The maximum absolute atomic E-state index is 5.80. The van der Waals surface area contributed by atoms with E-state index in [9.17, 15) is 0 Å². The number of fused-ring (bicyclic) bond motifs is 1. The summed E-state index contributed by atoms with van der Waals surface area (Å²) >= 11 is 1.39. The first kappa shape index (κ1) is 13.0. The summed E-state index contributed by atoms with van der Waals surface area (Å²) in [6, 6.07) is 10.2. The van der Waals surface area contributed by atoms with Gasteiger partial charge in [0.25, 0.3) is 0 Å². The minimum absolute atomic E-state index is 0.480. The smallest absolute Gasteiger partial charge is 0.203 e. The molecule has 108 valence electrons. The van der Waals surface area contributed by atoms with E-state index in [0.29, 0.717) is 10.9 Å². The average Bonchev–Trinajstić information content (AvgIpc) is 3.12. The highest BCUT2D eigenvalue weighted by Crippen LogP contribution is 2.36. The van der Waals surface area contributed by atoms with Crippen molar-refractivity contribution in [2.45, 2.75) is 6.42 Å². The van der Waals surface area contributed by atoms with Crippen molar-refractivity contribution in [2.75, 3.05) is 11.5 Å². The first-order valence-corrected chi connectivity index (χ1v) is 7.67. The van der Waals surface area contributed by atoms with Crippen LogP contribution in [-0.2, 0) is 6.42 Å². The number of nitrogens with two attached hydrogens (primary N) is 2. The second-order valence-electron chi connectivity index (χ2n) is 5.11. The average molecular weight is 307 g/mol. The summed E-state index contributed by atoms with van der Waals surface area (Å²) in [7, 11) is 0. The number of allylic oxidation sites excluding steroid dienone is 1. The van der Waals surface area contributed by atoms with Crippen molar-refractivity contribution < 1.29 is 0 Å². The van der Waals surface area contributed by atoms with Crippen molar-refractivity contribution in [3.8, 4) is 10.6 Å². The first-order valence-electron chi connectivity index (χ1n) is 6.85. The zero-order chi connectivity index (χ0) is 15.1. The normalized spacial score (nSPS) is 13.0. The monoisotopic (exact) mass is 307 g/mol. The van der Waals surface area contributed by atoms with Crippen LogP contribution in [0.15, 0.2) is 42.6 Å². The molecule has 5 nitrogen and oxygen atoms in total. The SMILES string of the molecule is Nc1cc(C2=CCc3ccc(-c4nnc(N)s4)cc32)ccn1. The van der Waals surface area contributed by atoms with Gasteiger partial charge in [-0.3, -0.25) is 0 Å². The van der Waals surface area contributed by atoms with Gasteiger partial charge >= 0.3 is 0 Å². The molecule has 0 fully saturated rings. The highest BCUT2D eigenvalue weighted by molar-refractivity contribution is 7.18. The van der Waals surface area contributed by atoms with E-state index in [2.05, 4.69) is 39.5 Å². The van der Waals surface area contributed by atoms with Crippen LogP contribution in [0.5, 0.6) is 0 Å². The first-order chi connectivity index (χ1) is 10.7. The van der Waals surface area contributed by atoms with Crippen LogP contribution >= 0.6 is 11.3 Å². The summed E-state index contributed by atoms with van der Waals surface area (Å²) in [5, 5.41) is 9.31. The second-order valence-corrected chi connectivity index (χ2v) is 6.12. The van der Waals surface area contributed by atoms with Crippen molar-refractivity contribution in [1.82, 2.24) is 15.2 Å². The van der Waals surface area contributed by atoms with Gasteiger partial charge in [0.05, 0.1) is 0 Å². The largest absolute Gasteiger partial charge is 0.384 e. The number of rotatable bonds is 2. The molecule has 0 bridgehead atoms. The number of nitrogens with zero attached hydrogens (tertiary/aromatic N) is 3. The number of nitrogen functional groups attached to an aromatic ring is 2. The lowest BCUT2D eigenvalue weighted by Crippen LogP contribution is -1.93. The van der Waals surface area contributed by atoms with Gasteiger partial charge in [0.15, 0.2) is 0 Å². The quantitative estimate of drug-likeness (QED) is 0.759. The molecule has 3 aromatic rings. The van der Waals surface area contributed by atoms with Crippen LogP contribution in [0.1, 0.15) is 16.7 Å². The summed E-state index contributed by atoms with van der Waals surface area (Å²) in [6.45, 7) is 0. The Balaban J connectivity index is 1.80. The van der Waals surface area contributed by atoms with E-state index in [1.54, 1.807) is 6.20 Å². The molecule has 0 atom stereocenters. The molecular formula is C16H13N5S. The zero-order valence-electron chi connectivity index (χ0n) is 11.7. The standard InChI is InChI=1S/C16H13N5S/c17-14-8-10(5-6-19-14)12-4-3-9-1-2-11(7-13(9)12)15-20-21-16(18)22-15/h1-2,4-8H,3H2,(H2,17,19)(H2,18,21). The Morgan fingerprint density at radius 2 is 1.91 bits per heavy atom. The fourth-order valence-corrected chi connectivity index (χ4v) is 3.31. The van der Waals surface area contributed by atoms with Crippen LogP contribution < -0.4 is 11.5 Å². The van der Waals surface area contributed by atoms with E-state index in [1.807, 2.05) is 12.1 Å². The van der Waals surface area contributed by atoms with Crippen LogP contribution in [-0.4, -0.2) is 15.2 Å². The highest BCUT2D eigenvalue weighted by Gasteiger charge is 2.17. The van der Waals surface area contributed by atoms with Gasteiger partial charge in [0.2, 0.25) is 5.13 Å². The maximum atomic E-state index is 5.80. The van der Waals surface area contributed by atoms with Crippen molar-refractivity contribution in [3.05, 3.63) is 59.3 Å². The second kappa shape index (κ2) is 4.92. The molecule has 0 unspecified atom stereocenters. The van der Waals surface area contributed by atoms with Gasteiger partial charge < -0.3 is 11.5 Å². The summed E-state index contributed by atoms with van der Waals surface area (Å²) in [4.78, 5) is 4.06. The van der Waals surface area contributed by atoms with Crippen LogP contribution in [0.25, 0.3) is 16.1 Å². The molecule has 6 heteroatoms. The van der Waals surface area contributed by atoms with Crippen LogP contribution in [0.2, 0.25) is 0 Å². The molecule has 0 spiro atoms. The van der Waals surface area contributed by atoms with Crippen LogP contribution in [0.3, 0.4) is 0 Å². The number of pyridine rings is 1. The lowest BCUT2D eigenvalue weighted by atomic mass is 9.98. The minimum Gasteiger partial charge on any atom is -0.384 e. The Labute approximate surface area is 131 Å². The van der Waals surface area contributed by atoms with Gasteiger partial charge in [-0.05, 0) is 46.9 Å². The minimum atomic E-state index is 0.480. The lowest BCUT2D eigenvalue weighted by Gasteiger charge is -2.08. The molecule has 22 heavy (non-hydrogen) atoms. The molecule has 4 rings (SSSR count). The summed E-state index contributed by atoms with van der Waals surface area (Å²) in [5.74, 6) is 0.528. The number of anilines is 2. The number of hydrogen-bond acceptors (Lipinski definition) is 6. The van der Waals surface area contributed by atoms with E-state index in [0.717, 1.165) is 22.6 Å². The molecule has 2 heterocycles. The van der Waals surface area contributed by atoms with Gasteiger partial charge in [-0.25, -0.2) is 4.98 Å². The Hall–Kier alpha value is -2.73. The molecule has 4 N–H and O–H groups in total. The molecule has 0 saturated carbocycles. The molecule has 1 aromatic carbocycles. The van der Waals surface area contributed by atoms with Crippen molar-refractivity contribution >= 4 is 27.9 Å². The van der Waals surface area contributed by atoms with E-state index >= 15 is 0 Å². The summed E-state index contributed by atoms with van der Waals surface area (Å²) < 4.78 is 0. The molecule has 2 aromatic heterocycles. The Kier molecular flexibility index (Phi) is 2.90. The molecular weight excluding hydrogens is 294 g/mol. The summed E-state index contributed by atoms with van der Waals surface area (Å²) in [6.07, 6.45) is 4.88. The summed E-state index contributed by atoms with van der Waals surface area (Å²) in [5.41, 5.74) is 17.3. The third-order valence-electron chi connectivity index (χ3n) is 3.71. The number of hydrogen-bond donors (Lipinski definition) is 2. The fourth-order valence-electron chi connectivity index (χ4n) is 2.70. The van der Waals surface area contributed by atoms with Crippen molar-refractivity contribution in [1.29, 1.82) is 0 Å². The zero-order valence-corrected chi connectivity index (χ0v) is 12.5. The Morgan fingerprint density at radius 3 is 2.68 bits per heavy atom.